The van der Waals surface area contributed by atoms with Gasteiger partial charge in [0.1, 0.15) is 0 Å². The Balaban J connectivity index is 0.00000306. The lowest BCUT2D eigenvalue weighted by atomic mass is 9.90. The number of hydrogen-bond donors (Lipinski definition) is 0. The Morgan fingerprint density at radius 1 is 0.879 bits per heavy atom. The van der Waals surface area contributed by atoms with Gasteiger partial charge in [0.15, 0.2) is 5.13 Å². The van der Waals surface area contributed by atoms with E-state index in [0.717, 1.165) is 45.0 Å². The van der Waals surface area contributed by atoms with Crippen molar-refractivity contribution in [3.63, 3.8) is 0 Å². The van der Waals surface area contributed by atoms with Crippen LogP contribution in [0.15, 0.2) is 78.9 Å². The standard InChI is InChI=1S/C27H29N3OS.ClH/c1-20-12-10-17-23-25(20)28-27(32-23)30(19-11-18-29(2)3)26(31)24(21-13-6-4-7-14-21)22-15-8-5-9-16-22;/h4-10,12-17,24H,11,18-19H2,1-3H3;1H. The molecule has 0 aliphatic heterocycles. The van der Waals surface area contributed by atoms with Gasteiger partial charge in [0.25, 0.3) is 0 Å². The van der Waals surface area contributed by atoms with Gasteiger partial charge >= 0.3 is 0 Å². The number of halogens is 1. The van der Waals surface area contributed by atoms with E-state index in [1.165, 1.54) is 0 Å². The van der Waals surface area contributed by atoms with Crippen LogP contribution in [0.25, 0.3) is 10.2 Å². The third-order valence-electron chi connectivity index (χ3n) is 5.61. The Morgan fingerprint density at radius 3 is 2.03 bits per heavy atom. The number of thiazole rings is 1. The molecule has 0 saturated heterocycles. The summed E-state index contributed by atoms with van der Waals surface area (Å²) in [6.07, 6.45) is 0.879. The van der Waals surface area contributed by atoms with Gasteiger partial charge in [-0.25, -0.2) is 4.98 Å². The van der Waals surface area contributed by atoms with E-state index in [1.807, 2.05) is 65.6 Å². The Labute approximate surface area is 206 Å². The highest BCUT2D eigenvalue weighted by Gasteiger charge is 2.30. The van der Waals surface area contributed by atoms with E-state index in [4.69, 9.17) is 4.98 Å². The van der Waals surface area contributed by atoms with Crippen LogP contribution < -0.4 is 4.90 Å². The SMILES string of the molecule is Cc1cccc2sc(N(CCCN(C)C)C(=O)C(c3ccccc3)c3ccccc3)nc12.Cl. The predicted molar refractivity (Wildman–Crippen MR) is 142 cm³/mol. The zero-order valence-corrected chi connectivity index (χ0v) is 20.9. The third kappa shape index (κ3) is 5.80. The second kappa shape index (κ2) is 11.4. The zero-order chi connectivity index (χ0) is 22.5. The summed E-state index contributed by atoms with van der Waals surface area (Å²) < 4.78 is 1.11. The van der Waals surface area contributed by atoms with E-state index in [0.29, 0.717) is 6.54 Å². The fourth-order valence-electron chi connectivity index (χ4n) is 3.96. The van der Waals surface area contributed by atoms with Gasteiger partial charge in [-0.15, -0.1) is 12.4 Å². The normalized spacial score (nSPS) is 11.1. The van der Waals surface area contributed by atoms with Gasteiger partial charge in [0, 0.05) is 6.54 Å². The highest BCUT2D eigenvalue weighted by Crippen LogP contribution is 2.34. The van der Waals surface area contributed by atoms with Crippen LogP contribution in [0, 0.1) is 6.92 Å². The molecule has 0 aliphatic carbocycles. The first-order valence-electron chi connectivity index (χ1n) is 11.0. The van der Waals surface area contributed by atoms with Crippen molar-refractivity contribution in [3.8, 4) is 0 Å². The van der Waals surface area contributed by atoms with E-state index in [2.05, 4.69) is 44.1 Å². The number of nitrogens with zero attached hydrogens (tertiary/aromatic N) is 3. The Morgan fingerprint density at radius 2 is 1.48 bits per heavy atom. The Hall–Kier alpha value is -2.73. The molecule has 0 aliphatic rings. The maximum Gasteiger partial charge on any atom is 0.240 e. The molecule has 1 heterocycles. The molecule has 0 spiro atoms. The number of fused-ring (bicyclic) bond motifs is 1. The number of carbonyl (C=O) groups is 1. The molecule has 0 saturated carbocycles. The van der Waals surface area contributed by atoms with Gasteiger partial charge in [-0.2, -0.15) is 0 Å². The molecule has 1 amide bonds. The first-order valence-corrected chi connectivity index (χ1v) is 11.8. The zero-order valence-electron chi connectivity index (χ0n) is 19.3. The van der Waals surface area contributed by atoms with Crippen LogP contribution in [0.1, 0.15) is 29.0 Å². The molecule has 4 rings (SSSR count). The van der Waals surface area contributed by atoms with E-state index >= 15 is 0 Å². The molecular formula is C27H30ClN3OS. The lowest BCUT2D eigenvalue weighted by Crippen LogP contribution is -2.37. The summed E-state index contributed by atoms with van der Waals surface area (Å²) >= 11 is 1.59. The van der Waals surface area contributed by atoms with Gasteiger partial charge in [-0.05, 0) is 56.7 Å². The summed E-state index contributed by atoms with van der Waals surface area (Å²) in [6, 6.07) is 26.3. The number of benzene rings is 3. The fourth-order valence-corrected chi connectivity index (χ4v) is 5.03. The van der Waals surface area contributed by atoms with E-state index in [1.54, 1.807) is 11.3 Å². The summed E-state index contributed by atoms with van der Waals surface area (Å²) in [7, 11) is 4.12. The summed E-state index contributed by atoms with van der Waals surface area (Å²) in [5, 5.41) is 0.773. The second-order valence-corrected chi connectivity index (χ2v) is 9.33. The number of aryl methyl sites for hydroxylation is 1. The molecular weight excluding hydrogens is 450 g/mol. The van der Waals surface area contributed by atoms with E-state index in [-0.39, 0.29) is 24.2 Å². The molecule has 4 nitrogen and oxygen atoms in total. The van der Waals surface area contributed by atoms with E-state index < -0.39 is 0 Å². The number of rotatable bonds is 8. The van der Waals surface area contributed by atoms with Crippen LogP contribution in [0.5, 0.6) is 0 Å². The minimum absolute atomic E-state index is 0. The summed E-state index contributed by atoms with van der Waals surface area (Å²) in [4.78, 5) is 23.1. The van der Waals surface area contributed by atoms with Crippen molar-refractivity contribution in [3.05, 3.63) is 95.6 Å². The van der Waals surface area contributed by atoms with Crippen LogP contribution in [0.2, 0.25) is 0 Å². The average Bonchev–Trinajstić information content (AvgIpc) is 3.23. The van der Waals surface area contributed by atoms with Gasteiger partial charge in [0.2, 0.25) is 5.91 Å². The predicted octanol–water partition coefficient (Wildman–Crippen LogP) is 6.14. The Kier molecular flexibility index (Phi) is 8.61. The topological polar surface area (TPSA) is 36.4 Å². The molecule has 4 aromatic rings. The van der Waals surface area contributed by atoms with Crippen LogP contribution in [0.3, 0.4) is 0 Å². The number of aromatic nitrogens is 1. The van der Waals surface area contributed by atoms with Crippen molar-refractivity contribution < 1.29 is 4.79 Å². The number of anilines is 1. The smallest absolute Gasteiger partial charge is 0.240 e. The highest BCUT2D eigenvalue weighted by atomic mass is 35.5. The minimum Gasteiger partial charge on any atom is -0.309 e. The quantitative estimate of drug-likeness (QED) is 0.304. The summed E-state index contributed by atoms with van der Waals surface area (Å²) in [5.74, 6) is -0.303. The number of hydrogen-bond acceptors (Lipinski definition) is 4. The van der Waals surface area contributed by atoms with Gasteiger partial charge in [-0.3, -0.25) is 9.69 Å². The third-order valence-corrected chi connectivity index (χ3v) is 6.65. The summed E-state index contributed by atoms with van der Waals surface area (Å²) in [5.41, 5.74) is 4.11. The fraction of sp³-hybridized carbons (Fsp3) is 0.259. The van der Waals surface area contributed by atoms with Crippen molar-refractivity contribution >= 4 is 45.0 Å². The maximum atomic E-state index is 14.2. The minimum atomic E-state index is -0.370. The van der Waals surface area contributed by atoms with Crippen LogP contribution in [-0.2, 0) is 4.79 Å². The van der Waals surface area contributed by atoms with Gasteiger partial charge in [-0.1, -0.05) is 84.1 Å². The maximum absolute atomic E-state index is 14.2. The van der Waals surface area contributed by atoms with Crippen LogP contribution in [0.4, 0.5) is 5.13 Å². The van der Waals surface area contributed by atoms with Crippen molar-refractivity contribution in [2.75, 3.05) is 32.1 Å². The molecule has 0 fully saturated rings. The van der Waals surface area contributed by atoms with Crippen LogP contribution in [-0.4, -0.2) is 43.0 Å². The lowest BCUT2D eigenvalue weighted by Gasteiger charge is -2.26. The molecule has 0 radical (unpaired) electrons. The number of para-hydroxylation sites is 1. The van der Waals surface area contributed by atoms with Crippen molar-refractivity contribution in [1.82, 2.24) is 9.88 Å². The Bertz CT molecular complexity index is 1140. The van der Waals surface area contributed by atoms with Gasteiger partial charge < -0.3 is 4.90 Å². The van der Waals surface area contributed by atoms with Crippen molar-refractivity contribution in [2.24, 2.45) is 0 Å². The molecule has 33 heavy (non-hydrogen) atoms. The monoisotopic (exact) mass is 479 g/mol. The van der Waals surface area contributed by atoms with E-state index in [9.17, 15) is 4.79 Å². The molecule has 3 aromatic carbocycles. The molecule has 0 unspecified atom stereocenters. The molecule has 172 valence electrons. The van der Waals surface area contributed by atoms with Gasteiger partial charge in [0.05, 0.1) is 16.1 Å². The number of amides is 1. The number of carbonyl (C=O) groups excluding carboxylic acids is 1. The molecule has 0 bridgehead atoms. The second-order valence-electron chi connectivity index (χ2n) is 8.32. The molecule has 0 N–H and O–H groups in total. The van der Waals surface area contributed by atoms with Crippen molar-refractivity contribution in [1.29, 1.82) is 0 Å². The molecule has 1 aromatic heterocycles. The average molecular weight is 480 g/mol. The molecule has 6 heteroatoms. The van der Waals surface area contributed by atoms with Crippen LogP contribution >= 0.6 is 23.7 Å². The molecule has 0 atom stereocenters. The first-order chi connectivity index (χ1) is 15.5. The lowest BCUT2D eigenvalue weighted by molar-refractivity contribution is -0.119. The highest BCUT2D eigenvalue weighted by molar-refractivity contribution is 7.22. The summed E-state index contributed by atoms with van der Waals surface area (Å²) in [6.45, 7) is 3.61. The van der Waals surface area contributed by atoms with Crippen molar-refractivity contribution in [2.45, 2.75) is 19.3 Å². The first kappa shape index (κ1) is 24.9. The largest absolute Gasteiger partial charge is 0.309 e.